The van der Waals surface area contributed by atoms with Crippen molar-refractivity contribution < 1.29 is 19.1 Å². The van der Waals surface area contributed by atoms with E-state index >= 15 is 0 Å². The zero-order valence-electron chi connectivity index (χ0n) is 18.7. The molecule has 0 atom stereocenters. The molecule has 0 fully saturated rings. The SMILES string of the molecule is Cc1ccc(C(C)C)cc1OCC(=O)N/N=C\c1ccc(OC(=O)c2ccc(Br)cc2)cc1. The van der Waals surface area contributed by atoms with Crippen molar-refractivity contribution in [3.8, 4) is 11.5 Å². The lowest BCUT2D eigenvalue weighted by Gasteiger charge is -2.12. The van der Waals surface area contributed by atoms with Crippen molar-refractivity contribution in [1.29, 1.82) is 0 Å². The molecule has 0 spiro atoms. The third-order valence-electron chi connectivity index (χ3n) is 4.81. The van der Waals surface area contributed by atoms with Gasteiger partial charge >= 0.3 is 5.97 Å². The Hall–Kier alpha value is -3.45. The van der Waals surface area contributed by atoms with Gasteiger partial charge in [0.2, 0.25) is 0 Å². The number of nitrogens with zero attached hydrogens (tertiary/aromatic N) is 1. The van der Waals surface area contributed by atoms with Crippen molar-refractivity contribution in [3.05, 3.63) is 93.5 Å². The third-order valence-corrected chi connectivity index (χ3v) is 5.34. The van der Waals surface area contributed by atoms with Crippen molar-refractivity contribution in [2.24, 2.45) is 5.10 Å². The molecule has 1 N–H and O–H groups in total. The van der Waals surface area contributed by atoms with Crippen molar-refractivity contribution in [3.63, 3.8) is 0 Å². The first-order valence-electron chi connectivity index (χ1n) is 10.4. The summed E-state index contributed by atoms with van der Waals surface area (Å²) in [6.07, 6.45) is 1.50. The summed E-state index contributed by atoms with van der Waals surface area (Å²) < 4.78 is 11.9. The monoisotopic (exact) mass is 508 g/mol. The number of aryl methyl sites for hydroxylation is 1. The van der Waals surface area contributed by atoms with Crippen LogP contribution in [0.2, 0.25) is 0 Å². The fourth-order valence-electron chi connectivity index (χ4n) is 2.86. The van der Waals surface area contributed by atoms with Gasteiger partial charge in [-0.3, -0.25) is 4.79 Å². The normalized spacial score (nSPS) is 10.9. The number of halogens is 1. The summed E-state index contributed by atoms with van der Waals surface area (Å²) in [5, 5.41) is 3.95. The standard InChI is InChI=1S/C26H25BrN2O4/c1-17(2)21-7-4-18(3)24(14-21)32-16-25(30)29-28-15-19-5-12-23(13-6-19)33-26(31)20-8-10-22(27)11-9-20/h4-15,17H,16H2,1-3H3,(H,29,30)/b28-15-. The van der Waals surface area contributed by atoms with E-state index in [1.165, 1.54) is 6.21 Å². The van der Waals surface area contributed by atoms with Gasteiger partial charge in [-0.15, -0.1) is 0 Å². The molecule has 33 heavy (non-hydrogen) atoms. The van der Waals surface area contributed by atoms with Gasteiger partial charge in [0.15, 0.2) is 6.61 Å². The lowest BCUT2D eigenvalue weighted by atomic mass is 10.0. The maximum Gasteiger partial charge on any atom is 0.343 e. The molecule has 0 aromatic heterocycles. The van der Waals surface area contributed by atoms with E-state index in [4.69, 9.17) is 9.47 Å². The Kier molecular flexibility index (Phi) is 8.38. The lowest BCUT2D eigenvalue weighted by Crippen LogP contribution is -2.24. The zero-order chi connectivity index (χ0) is 23.8. The molecule has 6 nitrogen and oxygen atoms in total. The number of carbonyl (C=O) groups is 2. The summed E-state index contributed by atoms with van der Waals surface area (Å²) in [5.41, 5.74) is 5.76. The van der Waals surface area contributed by atoms with Gasteiger partial charge in [0, 0.05) is 4.47 Å². The van der Waals surface area contributed by atoms with Crippen molar-refractivity contribution in [1.82, 2.24) is 5.43 Å². The number of ether oxygens (including phenoxy) is 2. The molecule has 3 rings (SSSR count). The summed E-state index contributed by atoms with van der Waals surface area (Å²) in [6, 6.07) is 19.7. The number of amides is 1. The van der Waals surface area contributed by atoms with E-state index in [1.54, 1.807) is 48.5 Å². The van der Waals surface area contributed by atoms with Crippen LogP contribution in [0.15, 0.2) is 76.3 Å². The number of carbonyl (C=O) groups excluding carboxylic acids is 2. The van der Waals surface area contributed by atoms with Crippen LogP contribution in [0.25, 0.3) is 0 Å². The first-order valence-corrected chi connectivity index (χ1v) is 11.2. The zero-order valence-corrected chi connectivity index (χ0v) is 20.3. The molecule has 0 aliphatic carbocycles. The molecule has 0 bridgehead atoms. The molecule has 0 unspecified atom stereocenters. The Labute approximate surface area is 201 Å². The summed E-state index contributed by atoms with van der Waals surface area (Å²) >= 11 is 3.33. The smallest absolute Gasteiger partial charge is 0.343 e. The van der Waals surface area contributed by atoms with Crippen LogP contribution in [-0.2, 0) is 4.79 Å². The Balaban J connectivity index is 1.48. The van der Waals surface area contributed by atoms with Crippen LogP contribution in [-0.4, -0.2) is 24.7 Å². The Morgan fingerprint density at radius 1 is 1.03 bits per heavy atom. The van der Waals surface area contributed by atoms with Crippen LogP contribution in [0.1, 0.15) is 46.8 Å². The van der Waals surface area contributed by atoms with Crippen LogP contribution in [0.5, 0.6) is 11.5 Å². The van der Waals surface area contributed by atoms with E-state index < -0.39 is 5.97 Å². The molecule has 0 heterocycles. The summed E-state index contributed by atoms with van der Waals surface area (Å²) in [5.74, 6) is 0.679. The molecule has 0 aliphatic rings. The number of hydrazone groups is 1. The number of benzene rings is 3. The van der Waals surface area contributed by atoms with Gasteiger partial charge in [-0.1, -0.05) is 41.9 Å². The van der Waals surface area contributed by atoms with E-state index in [9.17, 15) is 9.59 Å². The average Bonchev–Trinajstić information content (AvgIpc) is 2.80. The van der Waals surface area contributed by atoms with Gasteiger partial charge in [0.1, 0.15) is 11.5 Å². The minimum absolute atomic E-state index is 0.134. The van der Waals surface area contributed by atoms with Crippen LogP contribution in [0.4, 0.5) is 0 Å². The highest BCUT2D eigenvalue weighted by Crippen LogP contribution is 2.24. The van der Waals surface area contributed by atoms with Crippen LogP contribution in [0.3, 0.4) is 0 Å². The molecule has 0 saturated heterocycles. The van der Waals surface area contributed by atoms with Gasteiger partial charge in [-0.05, 0) is 84.1 Å². The molecule has 0 aliphatic heterocycles. The Morgan fingerprint density at radius 2 is 1.73 bits per heavy atom. The van der Waals surface area contributed by atoms with Crippen molar-refractivity contribution in [2.75, 3.05) is 6.61 Å². The molecular formula is C26H25BrN2O4. The quantitative estimate of drug-likeness (QED) is 0.185. The first kappa shape index (κ1) is 24.2. The predicted octanol–water partition coefficient (Wildman–Crippen LogP) is 5.63. The largest absolute Gasteiger partial charge is 0.483 e. The van der Waals surface area contributed by atoms with Crippen LogP contribution >= 0.6 is 15.9 Å². The van der Waals surface area contributed by atoms with Crippen LogP contribution < -0.4 is 14.9 Å². The number of hydrogen-bond acceptors (Lipinski definition) is 5. The summed E-state index contributed by atoms with van der Waals surface area (Å²) in [7, 11) is 0. The van der Waals surface area contributed by atoms with E-state index in [2.05, 4.69) is 46.4 Å². The fourth-order valence-corrected chi connectivity index (χ4v) is 3.12. The second-order valence-electron chi connectivity index (χ2n) is 7.73. The minimum atomic E-state index is -0.439. The maximum atomic E-state index is 12.2. The minimum Gasteiger partial charge on any atom is -0.483 e. The maximum absolute atomic E-state index is 12.2. The number of rotatable bonds is 8. The number of hydrogen-bond donors (Lipinski definition) is 1. The highest BCUT2D eigenvalue weighted by molar-refractivity contribution is 9.10. The molecule has 1 amide bonds. The van der Waals surface area contributed by atoms with E-state index in [-0.39, 0.29) is 12.5 Å². The highest BCUT2D eigenvalue weighted by atomic mass is 79.9. The van der Waals surface area contributed by atoms with Gasteiger partial charge in [0.05, 0.1) is 11.8 Å². The van der Waals surface area contributed by atoms with Gasteiger partial charge in [-0.25, -0.2) is 10.2 Å². The van der Waals surface area contributed by atoms with Gasteiger partial charge < -0.3 is 9.47 Å². The van der Waals surface area contributed by atoms with E-state index in [0.717, 1.165) is 21.2 Å². The van der Waals surface area contributed by atoms with Crippen LogP contribution in [0, 0.1) is 6.92 Å². The topological polar surface area (TPSA) is 77.0 Å². The molecule has 7 heteroatoms. The second-order valence-corrected chi connectivity index (χ2v) is 8.64. The highest BCUT2D eigenvalue weighted by Gasteiger charge is 2.09. The average molecular weight is 509 g/mol. The molecule has 3 aromatic rings. The van der Waals surface area contributed by atoms with Gasteiger partial charge in [0.25, 0.3) is 5.91 Å². The third kappa shape index (κ3) is 7.29. The van der Waals surface area contributed by atoms with Crippen molar-refractivity contribution >= 4 is 34.0 Å². The van der Waals surface area contributed by atoms with E-state index in [1.807, 2.05) is 19.1 Å². The molecule has 170 valence electrons. The number of esters is 1. The second kappa shape index (κ2) is 11.4. The lowest BCUT2D eigenvalue weighted by molar-refractivity contribution is -0.123. The van der Waals surface area contributed by atoms with E-state index in [0.29, 0.717) is 23.0 Å². The fraction of sp³-hybridized carbons (Fsp3) is 0.192. The molecule has 0 saturated carbocycles. The molecule has 3 aromatic carbocycles. The Morgan fingerprint density at radius 3 is 2.39 bits per heavy atom. The van der Waals surface area contributed by atoms with Crippen molar-refractivity contribution in [2.45, 2.75) is 26.7 Å². The number of nitrogens with one attached hydrogen (secondary N) is 1. The summed E-state index contributed by atoms with van der Waals surface area (Å²) in [6.45, 7) is 6.02. The summed E-state index contributed by atoms with van der Waals surface area (Å²) in [4.78, 5) is 24.2. The molecule has 0 radical (unpaired) electrons. The predicted molar refractivity (Wildman–Crippen MR) is 132 cm³/mol. The Bertz CT molecular complexity index is 1140. The first-order chi connectivity index (χ1) is 15.8. The van der Waals surface area contributed by atoms with Gasteiger partial charge in [-0.2, -0.15) is 5.10 Å². The molecular weight excluding hydrogens is 484 g/mol.